The Hall–Kier alpha value is -0.870. The van der Waals surface area contributed by atoms with E-state index in [1.165, 1.54) is 0 Å². The molecule has 0 radical (unpaired) electrons. The van der Waals surface area contributed by atoms with Crippen LogP contribution in [0.4, 0.5) is 0 Å². The molecule has 0 fully saturated rings. The Bertz CT molecular complexity index is 315. The summed E-state index contributed by atoms with van der Waals surface area (Å²) in [6, 6.07) is 1.94. The zero-order chi connectivity index (χ0) is 12.7. The normalized spacial score (nSPS) is 12.0. The van der Waals surface area contributed by atoms with Crippen LogP contribution in [0.1, 0.15) is 45.6 Å². The third-order valence-corrected chi connectivity index (χ3v) is 2.40. The smallest absolute Gasteiger partial charge is 0.162 e. The van der Waals surface area contributed by atoms with Crippen LogP contribution in [-0.2, 0) is 17.9 Å². The third kappa shape index (κ3) is 6.44. The standard InChI is InChI=1S/C13H24N2O2/c1-5-14-9-11-8-12(17-15-11)10-16-7-6-13(2,3)4/h8,14H,5-7,9-10H2,1-4H3. The van der Waals surface area contributed by atoms with E-state index in [4.69, 9.17) is 9.26 Å². The second kappa shape index (κ2) is 6.77. The van der Waals surface area contributed by atoms with Crippen molar-refractivity contribution in [2.75, 3.05) is 13.2 Å². The van der Waals surface area contributed by atoms with Crippen LogP contribution in [0.15, 0.2) is 10.6 Å². The van der Waals surface area contributed by atoms with Crippen LogP contribution in [0.25, 0.3) is 0 Å². The van der Waals surface area contributed by atoms with Crippen molar-refractivity contribution in [2.24, 2.45) is 5.41 Å². The van der Waals surface area contributed by atoms with Crippen molar-refractivity contribution >= 4 is 0 Å². The third-order valence-electron chi connectivity index (χ3n) is 2.40. The van der Waals surface area contributed by atoms with Crippen molar-refractivity contribution in [1.29, 1.82) is 0 Å². The molecule has 98 valence electrons. The minimum absolute atomic E-state index is 0.317. The molecule has 0 saturated heterocycles. The van der Waals surface area contributed by atoms with E-state index in [2.05, 4.69) is 38.2 Å². The Labute approximate surface area is 104 Å². The van der Waals surface area contributed by atoms with Gasteiger partial charge in [0.05, 0.1) is 5.69 Å². The van der Waals surface area contributed by atoms with E-state index in [0.29, 0.717) is 12.0 Å². The SMILES string of the molecule is CCNCc1cc(COCCC(C)(C)C)on1. The molecule has 0 unspecified atom stereocenters. The van der Waals surface area contributed by atoms with E-state index in [-0.39, 0.29) is 0 Å². The number of hydrogen-bond donors (Lipinski definition) is 1. The number of rotatable bonds is 7. The van der Waals surface area contributed by atoms with Gasteiger partial charge in [-0.2, -0.15) is 0 Å². The lowest BCUT2D eigenvalue weighted by Crippen LogP contribution is -2.11. The van der Waals surface area contributed by atoms with Crippen molar-refractivity contribution in [3.63, 3.8) is 0 Å². The molecule has 1 aromatic heterocycles. The minimum Gasteiger partial charge on any atom is -0.373 e. The predicted molar refractivity (Wildman–Crippen MR) is 67.6 cm³/mol. The van der Waals surface area contributed by atoms with Crippen molar-refractivity contribution < 1.29 is 9.26 Å². The Morgan fingerprint density at radius 3 is 2.82 bits per heavy atom. The van der Waals surface area contributed by atoms with Crippen LogP contribution in [0, 0.1) is 5.41 Å². The predicted octanol–water partition coefficient (Wildman–Crippen LogP) is 2.74. The fraction of sp³-hybridized carbons (Fsp3) is 0.769. The maximum Gasteiger partial charge on any atom is 0.162 e. The molecule has 0 bridgehead atoms. The van der Waals surface area contributed by atoms with Gasteiger partial charge in [0, 0.05) is 19.2 Å². The summed E-state index contributed by atoms with van der Waals surface area (Å²) in [5.41, 5.74) is 1.25. The average molecular weight is 240 g/mol. The van der Waals surface area contributed by atoms with Crippen molar-refractivity contribution in [1.82, 2.24) is 10.5 Å². The molecule has 17 heavy (non-hydrogen) atoms. The Balaban J connectivity index is 2.21. The highest BCUT2D eigenvalue weighted by Crippen LogP contribution is 2.18. The molecule has 1 aromatic rings. The van der Waals surface area contributed by atoms with Gasteiger partial charge < -0.3 is 14.6 Å². The van der Waals surface area contributed by atoms with Gasteiger partial charge in [-0.3, -0.25) is 0 Å². The van der Waals surface area contributed by atoms with E-state index < -0.39 is 0 Å². The van der Waals surface area contributed by atoms with Crippen molar-refractivity contribution in [3.05, 3.63) is 17.5 Å². The molecule has 0 aliphatic heterocycles. The molecule has 4 heteroatoms. The van der Waals surface area contributed by atoms with Gasteiger partial charge >= 0.3 is 0 Å². The molecule has 1 rings (SSSR count). The molecule has 0 spiro atoms. The van der Waals surface area contributed by atoms with E-state index in [9.17, 15) is 0 Å². The maximum atomic E-state index is 5.56. The summed E-state index contributed by atoms with van der Waals surface area (Å²) in [5, 5.41) is 7.17. The van der Waals surface area contributed by atoms with Crippen LogP contribution in [0.2, 0.25) is 0 Å². The van der Waals surface area contributed by atoms with Gasteiger partial charge in [-0.25, -0.2) is 0 Å². The van der Waals surface area contributed by atoms with Gasteiger partial charge in [0.1, 0.15) is 6.61 Å². The number of nitrogens with one attached hydrogen (secondary N) is 1. The maximum absolute atomic E-state index is 5.56. The molecular weight excluding hydrogens is 216 g/mol. The fourth-order valence-corrected chi connectivity index (χ4v) is 1.31. The van der Waals surface area contributed by atoms with Gasteiger partial charge in [-0.15, -0.1) is 0 Å². The molecule has 0 aliphatic carbocycles. The molecule has 1 heterocycles. The number of nitrogens with zero attached hydrogens (tertiary/aromatic N) is 1. The first-order chi connectivity index (χ1) is 8.01. The summed E-state index contributed by atoms with van der Waals surface area (Å²) in [4.78, 5) is 0. The minimum atomic E-state index is 0.317. The second-order valence-electron chi connectivity index (χ2n) is 5.43. The summed E-state index contributed by atoms with van der Waals surface area (Å²) in [5.74, 6) is 0.798. The highest BCUT2D eigenvalue weighted by atomic mass is 16.5. The van der Waals surface area contributed by atoms with E-state index in [1.807, 2.05) is 6.07 Å². The lowest BCUT2D eigenvalue weighted by Gasteiger charge is -2.17. The molecule has 0 aliphatic rings. The Morgan fingerprint density at radius 1 is 1.41 bits per heavy atom. The molecule has 0 saturated carbocycles. The largest absolute Gasteiger partial charge is 0.373 e. The van der Waals surface area contributed by atoms with Crippen LogP contribution in [0.3, 0.4) is 0 Å². The zero-order valence-electron chi connectivity index (χ0n) is 11.4. The first kappa shape index (κ1) is 14.2. The van der Waals surface area contributed by atoms with Crippen LogP contribution in [-0.4, -0.2) is 18.3 Å². The van der Waals surface area contributed by atoms with Crippen molar-refractivity contribution in [2.45, 2.75) is 47.3 Å². The zero-order valence-corrected chi connectivity index (χ0v) is 11.4. The van der Waals surface area contributed by atoms with Gasteiger partial charge in [-0.1, -0.05) is 32.9 Å². The van der Waals surface area contributed by atoms with E-state index >= 15 is 0 Å². The van der Waals surface area contributed by atoms with Crippen molar-refractivity contribution in [3.8, 4) is 0 Å². The van der Waals surface area contributed by atoms with Gasteiger partial charge in [-0.05, 0) is 18.4 Å². The molecule has 0 atom stereocenters. The lowest BCUT2D eigenvalue weighted by atomic mass is 9.93. The summed E-state index contributed by atoms with van der Waals surface area (Å²) in [7, 11) is 0. The molecule has 4 nitrogen and oxygen atoms in total. The molecule has 0 aromatic carbocycles. The quantitative estimate of drug-likeness (QED) is 0.744. The van der Waals surface area contributed by atoms with Crippen LogP contribution >= 0.6 is 0 Å². The van der Waals surface area contributed by atoms with E-state index in [1.54, 1.807) is 0 Å². The molecule has 1 N–H and O–H groups in total. The highest BCUT2D eigenvalue weighted by Gasteiger charge is 2.10. The topological polar surface area (TPSA) is 47.3 Å². The second-order valence-corrected chi connectivity index (χ2v) is 5.43. The Morgan fingerprint density at radius 2 is 2.18 bits per heavy atom. The molecular formula is C13H24N2O2. The Kier molecular flexibility index (Phi) is 5.65. The monoisotopic (exact) mass is 240 g/mol. The van der Waals surface area contributed by atoms with Crippen LogP contribution in [0.5, 0.6) is 0 Å². The number of aromatic nitrogens is 1. The fourth-order valence-electron chi connectivity index (χ4n) is 1.31. The molecule has 0 amide bonds. The highest BCUT2D eigenvalue weighted by molar-refractivity contribution is 5.04. The summed E-state index contributed by atoms with van der Waals surface area (Å²) in [6.07, 6.45) is 1.05. The lowest BCUT2D eigenvalue weighted by molar-refractivity contribution is 0.0805. The first-order valence-electron chi connectivity index (χ1n) is 6.24. The first-order valence-corrected chi connectivity index (χ1v) is 6.24. The van der Waals surface area contributed by atoms with E-state index in [0.717, 1.165) is 37.6 Å². The summed E-state index contributed by atoms with van der Waals surface area (Å²) >= 11 is 0. The summed E-state index contributed by atoms with van der Waals surface area (Å²) < 4.78 is 10.7. The van der Waals surface area contributed by atoms with Gasteiger partial charge in [0.15, 0.2) is 5.76 Å². The van der Waals surface area contributed by atoms with Crippen LogP contribution < -0.4 is 5.32 Å². The van der Waals surface area contributed by atoms with Gasteiger partial charge in [0.2, 0.25) is 0 Å². The average Bonchev–Trinajstić information content (AvgIpc) is 2.68. The summed E-state index contributed by atoms with van der Waals surface area (Å²) in [6.45, 7) is 11.6. The van der Waals surface area contributed by atoms with Gasteiger partial charge in [0.25, 0.3) is 0 Å². The number of ether oxygens (including phenoxy) is 1. The number of hydrogen-bond acceptors (Lipinski definition) is 4.